The number of halogens is 1. The van der Waals surface area contributed by atoms with E-state index in [9.17, 15) is 4.79 Å². The van der Waals surface area contributed by atoms with E-state index in [1.807, 2.05) is 4.90 Å². The largest absolute Gasteiger partial charge is 0.357 e. The molecule has 1 heterocycles. The molecule has 1 aromatic rings. The topological polar surface area (TPSA) is 47.9 Å². The van der Waals surface area contributed by atoms with Gasteiger partial charge < -0.3 is 15.1 Å². The number of amides is 1. The second kappa shape index (κ2) is 9.99. The summed E-state index contributed by atoms with van der Waals surface area (Å²) in [4.78, 5) is 20.5. The van der Waals surface area contributed by atoms with Crippen molar-refractivity contribution < 1.29 is 4.79 Å². The number of piperazine rings is 1. The van der Waals surface area contributed by atoms with Gasteiger partial charge in [-0.25, -0.2) is 4.99 Å². The zero-order valence-electron chi connectivity index (χ0n) is 16.1. The Morgan fingerprint density at radius 2 is 1.60 bits per heavy atom. The first kappa shape index (κ1) is 21.7. The number of hydrogen-bond acceptors (Lipinski definition) is 2. The molecule has 1 N–H and O–H groups in total. The van der Waals surface area contributed by atoms with Crippen LogP contribution in [0.3, 0.4) is 0 Å². The van der Waals surface area contributed by atoms with E-state index in [-0.39, 0.29) is 29.9 Å². The van der Waals surface area contributed by atoms with Gasteiger partial charge in [0.15, 0.2) is 5.96 Å². The fourth-order valence-corrected chi connectivity index (χ4v) is 3.27. The molecule has 0 spiro atoms. The van der Waals surface area contributed by atoms with Crippen LogP contribution in [0.1, 0.15) is 36.1 Å². The van der Waals surface area contributed by atoms with Crippen molar-refractivity contribution in [3.63, 3.8) is 0 Å². The maximum Gasteiger partial charge on any atom is 0.219 e. The predicted molar refractivity (Wildman–Crippen MR) is 115 cm³/mol. The molecule has 0 radical (unpaired) electrons. The molecule has 25 heavy (non-hydrogen) atoms. The number of aryl methyl sites for hydroxylation is 3. The van der Waals surface area contributed by atoms with Gasteiger partial charge in [0, 0.05) is 39.6 Å². The number of benzene rings is 1. The Morgan fingerprint density at radius 3 is 2.08 bits per heavy atom. The molecule has 140 valence electrons. The van der Waals surface area contributed by atoms with Crippen molar-refractivity contribution in [2.75, 3.05) is 32.7 Å². The van der Waals surface area contributed by atoms with Crippen LogP contribution in [-0.2, 0) is 11.3 Å². The van der Waals surface area contributed by atoms with Gasteiger partial charge in [-0.3, -0.25) is 4.79 Å². The maximum absolute atomic E-state index is 11.5. The van der Waals surface area contributed by atoms with Crippen molar-refractivity contribution in [2.24, 2.45) is 4.99 Å². The summed E-state index contributed by atoms with van der Waals surface area (Å²) in [6.45, 7) is 14.9. The summed E-state index contributed by atoms with van der Waals surface area (Å²) in [5.74, 6) is 1.10. The van der Waals surface area contributed by atoms with E-state index in [0.29, 0.717) is 6.54 Å². The molecule has 1 aliphatic rings. The zero-order chi connectivity index (χ0) is 17.7. The minimum absolute atomic E-state index is 0. The van der Waals surface area contributed by atoms with Crippen molar-refractivity contribution in [1.82, 2.24) is 15.1 Å². The number of nitrogens with zero attached hydrogens (tertiary/aromatic N) is 3. The van der Waals surface area contributed by atoms with E-state index in [1.165, 1.54) is 22.3 Å². The monoisotopic (exact) mass is 458 g/mol. The lowest BCUT2D eigenvalue weighted by Gasteiger charge is -2.36. The van der Waals surface area contributed by atoms with Crippen LogP contribution in [0.2, 0.25) is 0 Å². The van der Waals surface area contributed by atoms with Crippen molar-refractivity contribution in [3.8, 4) is 0 Å². The van der Waals surface area contributed by atoms with Crippen LogP contribution in [0.25, 0.3) is 0 Å². The van der Waals surface area contributed by atoms with E-state index in [4.69, 9.17) is 4.99 Å². The Balaban J connectivity index is 0.00000312. The number of guanidine groups is 1. The number of rotatable bonds is 3. The van der Waals surface area contributed by atoms with Crippen molar-refractivity contribution in [3.05, 3.63) is 34.4 Å². The van der Waals surface area contributed by atoms with Crippen LogP contribution in [0.4, 0.5) is 0 Å². The number of nitrogens with one attached hydrogen (secondary N) is 1. The third-order valence-corrected chi connectivity index (χ3v) is 4.59. The minimum atomic E-state index is 0. The molecular formula is C19H31IN4O. The quantitative estimate of drug-likeness (QED) is 0.431. The highest BCUT2D eigenvalue weighted by Gasteiger charge is 2.20. The SMILES string of the molecule is CCNC(=NCc1c(C)cc(C)cc1C)N1CCN(C(C)=O)CC1.I. The van der Waals surface area contributed by atoms with E-state index in [2.05, 4.69) is 50.0 Å². The summed E-state index contributed by atoms with van der Waals surface area (Å²) in [5.41, 5.74) is 5.20. The third-order valence-electron chi connectivity index (χ3n) is 4.59. The van der Waals surface area contributed by atoms with Crippen molar-refractivity contribution >= 4 is 35.8 Å². The molecule has 1 saturated heterocycles. The second-order valence-electron chi connectivity index (χ2n) is 6.54. The minimum Gasteiger partial charge on any atom is -0.357 e. The van der Waals surface area contributed by atoms with E-state index in [1.54, 1.807) is 6.92 Å². The van der Waals surface area contributed by atoms with Crippen LogP contribution >= 0.6 is 24.0 Å². The molecule has 1 aliphatic heterocycles. The van der Waals surface area contributed by atoms with Crippen molar-refractivity contribution in [2.45, 2.75) is 41.2 Å². The maximum atomic E-state index is 11.5. The van der Waals surface area contributed by atoms with E-state index >= 15 is 0 Å². The first-order valence-electron chi connectivity index (χ1n) is 8.77. The van der Waals surface area contributed by atoms with Crippen molar-refractivity contribution in [1.29, 1.82) is 0 Å². The Kier molecular flexibility index (Phi) is 8.68. The molecular weight excluding hydrogens is 427 g/mol. The molecule has 0 bridgehead atoms. The molecule has 2 rings (SSSR count). The standard InChI is InChI=1S/C19H30N4O.HI/c1-6-20-19(23-9-7-22(8-10-23)17(5)24)21-13-18-15(3)11-14(2)12-16(18)4;/h11-12H,6-10,13H2,1-5H3,(H,20,21);1H. The normalized spacial score (nSPS) is 15.0. The van der Waals surface area contributed by atoms with Crippen LogP contribution < -0.4 is 5.32 Å². The molecule has 6 heteroatoms. The molecule has 1 amide bonds. The molecule has 0 unspecified atom stereocenters. The molecule has 5 nitrogen and oxygen atoms in total. The number of hydrogen-bond donors (Lipinski definition) is 1. The lowest BCUT2D eigenvalue weighted by molar-refractivity contribution is -0.130. The molecule has 0 saturated carbocycles. The highest BCUT2D eigenvalue weighted by atomic mass is 127. The summed E-state index contributed by atoms with van der Waals surface area (Å²) in [5, 5.41) is 3.39. The Labute approximate surface area is 168 Å². The smallest absolute Gasteiger partial charge is 0.219 e. The van der Waals surface area contributed by atoms with Crippen LogP contribution in [0.15, 0.2) is 17.1 Å². The number of aliphatic imine (C=N–C) groups is 1. The lowest BCUT2D eigenvalue weighted by Crippen LogP contribution is -2.53. The summed E-state index contributed by atoms with van der Waals surface area (Å²) < 4.78 is 0. The van der Waals surface area contributed by atoms with Gasteiger partial charge in [0.25, 0.3) is 0 Å². The van der Waals surface area contributed by atoms with E-state index in [0.717, 1.165) is 38.7 Å². The fourth-order valence-electron chi connectivity index (χ4n) is 3.27. The van der Waals surface area contributed by atoms with Crippen LogP contribution in [0, 0.1) is 20.8 Å². The first-order chi connectivity index (χ1) is 11.4. The van der Waals surface area contributed by atoms with E-state index < -0.39 is 0 Å². The van der Waals surface area contributed by atoms with Crippen LogP contribution in [-0.4, -0.2) is 54.4 Å². The van der Waals surface area contributed by atoms with Gasteiger partial charge in [-0.2, -0.15) is 0 Å². The molecule has 0 atom stereocenters. The fraction of sp³-hybridized carbons (Fsp3) is 0.579. The Hall–Kier alpha value is -1.31. The second-order valence-corrected chi connectivity index (χ2v) is 6.54. The first-order valence-corrected chi connectivity index (χ1v) is 8.77. The van der Waals surface area contributed by atoms with Gasteiger partial charge in [-0.15, -0.1) is 24.0 Å². The third kappa shape index (κ3) is 5.87. The Bertz CT molecular complexity index is 599. The van der Waals surface area contributed by atoms with Gasteiger partial charge in [0.1, 0.15) is 0 Å². The van der Waals surface area contributed by atoms with Gasteiger partial charge in [-0.05, 0) is 44.4 Å². The highest BCUT2D eigenvalue weighted by Crippen LogP contribution is 2.17. The van der Waals surface area contributed by atoms with Gasteiger partial charge in [0.05, 0.1) is 6.54 Å². The number of carbonyl (C=O) groups is 1. The summed E-state index contributed by atoms with van der Waals surface area (Å²) in [6.07, 6.45) is 0. The zero-order valence-corrected chi connectivity index (χ0v) is 18.4. The van der Waals surface area contributed by atoms with Gasteiger partial charge in [0.2, 0.25) is 5.91 Å². The summed E-state index contributed by atoms with van der Waals surface area (Å²) in [6, 6.07) is 4.44. The predicted octanol–water partition coefficient (Wildman–Crippen LogP) is 2.86. The molecule has 1 fully saturated rings. The molecule has 0 aromatic heterocycles. The molecule has 0 aliphatic carbocycles. The van der Waals surface area contributed by atoms with Gasteiger partial charge in [-0.1, -0.05) is 17.7 Å². The van der Waals surface area contributed by atoms with Crippen LogP contribution in [0.5, 0.6) is 0 Å². The highest BCUT2D eigenvalue weighted by molar-refractivity contribution is 14.0. The van der Waals surface area contributed by atoms with Gasteiger partial charge >= 0.3 is 0 Å². The summed E-state index contributed by atoms with van der Waals surface area (Å²) >= 11 is 0. The lowest BCUT2D eigenvalue weighted by atomic mass is 10.00. The average molecular weight is 458 g/mol. The summed E-state index contributed by atoms with van der Waals surface area (Å²) in [7, 11) is 0. The average Bonchev–Trinajstić information content (AvgIpc) is 2.53. The Morgan fingerprint density at radius 1 is 1.08 bits per heavy atom. The number of carbonyl (C=O) groups excluding carboxylic acids is 1. The molecule has 1 aromatic carbocycles.